The van der Waals surface area contributed by atoms with Crippen molar-refractivity contribution < 1.29 is 4.79 Å². The third kappa shape index (κ3) is 3.75. The quantitative estimate of drug-likeness (QED) is 0.747. The Morgan fingerprint density at radius 2 is 1.93 bits per heavy atom. The van der Waals surface area contributed by atoms with Crippen molar-refractivity contribution in [3.63, 3.8) is 0 Å². The van der Waals surface area contributed by atoms with Gasteiger partial charge < -0.3 is 0 Å². The summed E-state index contributed by atoms with van der Waals surface area (Å²) >= 11 is 1.43. The fourth-order valence-corrected chi connectivity index (χ4v) is 4.53. The summed E-state index contributed by atoms with van der Waals surface area (Å²) in [4.78, 5) is 25.0. The van der Waals surface area contributed by atoms with Gasteiger partial charge in [0.15, 0.2) is 0 Å². The molecular formula is C19H21N5O2S. The van der Waals surface area contributed by atoms with Crippen LogP contribution in [-0.4, -0.2) is 25.9 Å². The van der Waals surface area contributed by atoms with Gasteiger partial charge in [-0.25, -0.2) is 4.68 Å². The molecule has 0 bridgehead atoms. The first-order valence-electron chi connectivity index (χ1n) is 9.21. The first kappa shape index (κ1) is 17.8. The van der Waals surface area contributed by atoms with Crippen molar-refractivity contribution in [1.82, 2.24) is 20.0 Å². The van der Waals surface area contributed by atoms with Gasteiger partial charge in [0.05, 0.1) is 11.1 Å². The summed E-state index contributed by atoms with van der Waals surface area (Å²) in [7, 11) is 0. The lowest BCUT2D eigenvalue weighted by molar-refractivity contribution is -0.117. The van der Waals surface area contributed by atoms with Gasteiger partial charge in [-0.1, -0.05) is 48.8 Å². The van der Waals surface area contributed by atoms with E-state index < -0.39 is 0 Å². The van der Waals surface area contributed by atoms with Gasteiger partial charge in [0.25, 0.3) is 5.56 Å². The summed E-state index contributed by atoms with van der Waals surface area (Å²) in [6.07, 6.45) is 6.01. The molecule has 0 saturated heterocycles. The highest BCUT2D eigenvalue weighted by molar-refractivity contribution is 7.15. The SMILES string of the molecule is Cc1nn(CC(=O)Nc2nnc(C3CCCCC3)s2)c(=O)c2ccccc12. The molecule has 0 radical (unpaired) electrons. The van der Waals surface area contributed by atoms with Crippen molar-refractivity contribution in [2.45, 2.75) is 51.5 Å². The minimum Gasteiger partial charge on any atom is -0.299 e. The van der Waals surface area contributed by atoms with Crippen molar-refractivity contribution in [3.8, 4) is 0 Å². The van der Waals surface area contributed by atoms with Crippen molar-refractivity contribution in [1.29, 1.82) is 0 Å². The highest BCUT2D eigenvalue weighted by Crippen LogP contribution is 2.35. The Morgan fingerprint density at radius 1 is 1.19 bits per heavy atom. The number of benzene rings is 1. The van der Waals surface area contributed by atoms with Crippen LogP contribution in [0.15, 0.2) is 29.1 Å². The average molecular weight is 383 g/mol. The second-order valence-electron chi connectivity index (χ2n) is 6.92. The van der Waals surface area contributed by atoms with Gasteiger partial charge in [-0.05, 0) is 25.8 Å². The van der Waals surface area contributed by atoms with Crippen molar-refractivity contribution >= 4 is 33.1 Å². The normalized spacial score (nSPS) is 15.1. The van der Waals surface area contributed by atoms with Crippen LogP contribution in [0, 0.1) is 6.92 Å². The molecule has 1 aliphatic rings. The first-order chi connectivity index (χ1) is 13.1. The number of hydrogen-bond acceptors (Lipinski definition) is 6. The molecule has 3 aromatic rings. The van der Waals surface area contributed by atoms with Crippen LogP contribution in [0.3, 0.4) is 0 Å². The topological polar surface area (TPSA) is 89.8 Å². The highest BCUT2D eigenvalue weighted by atomic mass is 32.1. The fourth-order valence-electron chi connectivity index (χ4n) is 3.61. The largest absolute Gasteiger partial charge is 0.299 e. The molecule has 140 valence electrons. The molecule has 8 heteroatoms. The van der Waals surface area contributed by atoms with Crippen LogP contribution in [-0.2, 0) is 11.3 Å². The van der Waals surface area contributed by atoms with Crippen LogP contribution in [0.25, 0.3) is 10.8 Å². The Labute approximate surface area is 160 Å². The molecule has 0 aliphatic heterocycles. The molecule has 1 saturated carbocycles. The maximum Gasteiger partial charge on any atom is 0.275 e. The van der Waals surface area contributed by atoms with Crippen LogP contribution in [0.5, 0.6) is 0 Å². The maximum atomic E-state index is 12.6. The molecule has 1 aromatic carbocycles. The number of rotatable bonds is 4. The molecule has 4 rings (SSSR count). The lowest BCUT2D eigenvalue weighted by Crippen LogP contribution is -2.30. The molecule has 7 nitrogen and oxygen atoms in total. The summed E-state index contributed by atoms with van der Waals surface area (Å²) in [6.45, 7) is 1.68. The van der Waals surface area contributed by atoms with Crippen molar-refractivity contribution in [2.75, 3.05) is 5.32 Å². The number of amides is 1. The molecule has 0 unspecified atom stereocenters. The maximum absolute atomic E-state index is 12.6. The lowest BCUT2D eigenvalue weighted by Gasteiger charge is -2.18. The van der Waals surface area contributed by atoms with Crippen LogP contribution >= 0.6 is 11.3 Å². The van der Waals surface area contributed by atoms with Crippen LogP contribution in [0.4, 0.5) is 5.13 Å². The number of nitrogens with one attached hydrogen (secondary N) is 1. The second kappa shape index (κ2) is 7.56. The third-order valence-electron chi connectivity index (χ3n) is 4.99. The predicted molar refractivity (Wildman–Crippen MR) is 105 cm³/mol. The minimum absolute atomic E-state index is 0.150. The van der Waals surface area contributed by atoms with Crippen LogP contribution < -0.4 is 10.9 Å². The van der Waals surface area contributed by atoms with E-state index >= 15 is 0 Å². The molecule has 2 heterocycles. The number of anilines is 1. The van der Waals surface area contributed by atoms with E-state index in [0.29, 0.717) is 22.1 Å². The van der Waals surface area contributed by atoms with Crippen LogP contribution in [0.2, 0.25) is 0 Å². The summed E-state index contributed by atoms with van der Waals surface area (Å²) < 4.78 is 1.20. The van der Waals surface area contributed by atoms with E-state index in [4.69, 9.17) is 0 Å². The standard InChI is InChI=1S/C19H21N5O2S/c1-12-14-9-5-6-10-15(14)18(26)24(23-12)11-16(25)20-19-22-21-17(27-19)13-7-3-2-4-8-13/h5-6,9-10,13H,2-4,7-8,11H2,1H3,(H,20,22,25). The van der Waals surface area contributed by atoms with E-state index in [0.717, 1.165) is 23.2 Å². The third-order valence-corrected chi connectivity index (χ3v) is 5.99. The Balaban J connectivity index is 1.48. The smallest absolute Gasteiger partial charge is 0.275 e. The summed E-state index contributed by atoms with van der Waals surface area (Å²) in [5.74, 6) is 0.125. The molecule has 2 aromatic heterocycles. The van der Waals surface area contributed by atoms with Gasteiger partial charge in [-0.3, -0.25) is 14.9 Å². The molecule has 1 aliphatic carbocycles. The predicted octanol–water partition coefficient (Wildman–Crippen LogP) is 3.24. The Morgan fingerprint density at radius 3 is 2.70 bits per heavy atom. The van der Waals surface area contributed by atoms with Gasteiger partial charge in [0, 0.05) is 11.3 Å². The monoisotopic (exact) mass is 383 g/mol. The van der Waals surface area contributed by atoms with E-state index in [1.807, 2.05) is 25.1 Å². The molecule has 0 spiro atoms. The molecule has 27 heavy (non-hydrogen) atoms. The Bertz CT molecular complexity index is 1040. The fraction of sp³-hybridized carbons (Fsp3) is 0.421. The number of carbonyl (C=O) groups excluding carboxylic acids is 1. The zero-order valence-corrected chi connectivity index (χ0v) is 16.0. The van der Waals surface area contributed by atoms with Gasteiger partial charge in [0.1, 0.15) is 11.6 Å². The number of hydrogen-bond donors (Lipinski definition) is 1. The van der Waals surface area contributed by atoms with Crippen LogP contribution in [0.1, 0.15) is 48.7 Å². The number of aromatic nitrogens is 4. The Kier molecular flexibility index (Phi) is 4.98. The number of nitrogens with zero attached hydrogens (tertiary/aromatic N) is 4. The summed E-state index contributed by atoms with van der Waals surface area (Å²) in [6, 6.07) is 7.29. The minimum atomic E-state index is -0.328. The first-order valence-corrected chi connectivity index (χ1v) is 10.0. The molecular weight excluding hydrogens is 362 g/mol. The average Bonchev–Trinajstić information content (AvgIpc) is 3.15. The molecule has 1 N–H and O–H groups in total. The molecule has 1 fully saturated rings. The summed E-state index contributed by atoms with van der Waals surface area (Å²) in [5.41, 5.74) is 0.444. The molecule has 0 atom stereocenters. The summed E-state index contributed by atoms with van der Waals surface area (Å²) in [5, 5.41) is 18.2. The van der Waals surface area contributed by atoms with Crippen molar-refractivity contribution in [3.05, 3.63) is 45.3 Å². The van der Waals surface area contributed by atoms with E-state index in [9.17, 15) is 9.59 Å². The number of aryl methyl sites for hydroxylation is 1. The van der Waals surface area contributed by atoms with E-state index in [2.05, 4.69) is 20.6 Å². The number of fused-ring (bicyclic) bond motifs is 1. The zero-order chi connectivity index (χ0) is 18.8. The number of carbonyl (C=O) groups is 1. The second-order valence-corrected chi connectivity index (χ2v) is 7.93. The van der Waals surface area contributed by atoms with Gasteiger partial charge in [0.2, 0.25) is 11.0 Å². The van der Waals surface area contributed by atoms with E-state index in [-0.39, 0.29) is 18.0 Å². The lowest BCUT2D eigenvalue weighted by atomic mass is 9.90. The van der Waals surface area contributed by atoms with Gasteiger partial charge in [-0.15, -0.1) is 10.2 Å². The van der Waals surface area contributed by atoms with Crippen molar-refractivity contribution in [2.24, 2.45) is 0 Å². The highest BCUT2D eigenvalue weighted by Gasteiger charge is 2.20. The Hall–Kier alpha value is -2.61. The van der Waals surface area contributed by atoms with E-state index in [1.54, 1.807) is 6.07 Å². The zero-order valence-electron chi connectivity index (χ0n) is 15.1. The van der Waals surface area contributed by atoms with E-state index in [1.165, 1.54) is 35.3 Å². The van der Waals surface area contributed by atoms with Gasteiger partial charge >= 0.3 is 0 Å². The van der Waals surface area contributed by atoms with Gasteiger partial charge in [-0.2, -0.15) is 5.10 Å². The molecule has 1 amide bonds.